The third kappa shape index (κ3) is 4.81. The first-order valence-corrected chi connectivity index (χ1v) is 9.28. The lowest BCUT2D eigenvalue weighted by Crippen LogP contribution is -2.50. The van der Waals surface area contributed by atoms with Gasteiger partial charge < -0.3 is 9.80 Å². The van der Waals surface area contributed by atoms with E-state index in [9.17, 15) is 4.79 Å². The van der Waals surface area contributed by atoms with Crippen molar-refractivity contribution in [3.8, 4) is 0 Å². The Balaban J connectivity index is 1.43. The zero-order chi connectivity index (χ0) is 17.0. The van der Waals surface area contributed by atoms with Crippen molar-refractivity contribution >= 4 is 5.91 Å². The lowest BCUT2D eigenvalue weighted by atomic mass is 9.91. The fraction of sp³-hybridized carbons (Fsp3) is 0.650. The van der Waals surface area contributed by atoms with Gasteiger partial charge in [0.05, 0.1) is 0 Å². The molecular formula is C20H31N3O. The van der Waals surface area contributed by atoms with Crippen LogP contribution in [0.15, 0.2) is 30.3 Å². The average Bonchev–Trinajstić information content (AvgIpc) is 2.94. The fourth-order valence-electron chi connectivity index (χ4n) is 3.99. The highest BCUT2D eigenvalue weighted by Crippen LogP contribution is 2.23. The second kappa shape index (κ2) is 7.66. The molecule has 0 atom stereocenters. The number of carbonyl (C=O) groups is 1. The summed E-state index contributed by atoms with van der Waals surface area (Å²) >= 11 is 0. The van der Waals surface area contributed by atoms with Crippen LogP contribution < -0.4 is 0 Å². The quantitative estimate of drug-likeness (QED) is 0.802. The summed E-state index contributed by atoms with van der Waals surface area (Å²) in [6.45, 7) is 13.1. The maximum Gasteiger partial charge on any atom is 0.222 e. The Kier molecular flexibility index (Phi) is 5.57. The van der Waals surface area contributed by atoms with Gasteiger partial charge in [-0.2, -0.15) is 0 Å². The van der Waals surface area contributed by atoms with Crippen LogP contribution >= 0.6 is 0 Å². The molecule has 3 rings (SSSR count). The van der Waals surface area contributed by atoms with Crippen molar-refractivity contribution in [2.24, 2.45) is 5.41 Å². The molecule has 0 unspecified atom stereocenters. The maximum atomic E-state index is 11.9. The van der Waals surface area contributed by atoms with Gasteiger partial charge >= 0.3 is 0 Å². The molecule has 0 spiro atoms. The second-order valence-electron chi connectivity index (χ2n) is 8.12. The molecule has 1 aromatic carbocycles. The average molecular weight is 329 g/mol. The van der Waals surface area contributed by atoms with E-state index in [1.165, 1.54) is 5.56 Å². The molecule has 4 nitrogen and oxygen atoms in total. The summed E-state index contributed by atoms with van der Waals surface area (Å²) in [6.07, 6.45) is 1.78. The molecule has 0 bridgehead atoms. The zero-order valence-corrected chi connectivity index (χ0v) is 15.2. The number of amides is 1. The lowest BCUT2D eigenvalue weighted by molar-refractivity contribution is -0.129. The Morgan fingerprint density at radius 3 is 2.21 bits per heavy atom. The molecule has 2 heterocycles. The Morgan fingerprint density at radius 2 is 1.58 bits per heavy atom. The summed E-state index contributed by atoms with van der Waals surface area (Å²) in [7, 11) is 0. The highest BCUT2D eigenvalue weighted by Gasteiger charge is 2.30. The van der Waals surface area contributed by atoms with Crippen molar-refractivity contribution in [3.63, 3.8) is 0 Å². The molecule has 0 N–H and O–H groups in total. The van der Waals surface area contributed by atoms with E-state index in [0.29, 0.717) is 5.91 Å². The molecule has 1 aromatic rings. The number of hydrogen-bond acceptors (Lipinski definition) is 3. The van der Waals surface area contributed by atoms with Crippen molar-refractivity contribution in [2.45, 2.75) is 33.2 Å². The van der Waals surface area contributed by atoms with E-state index < -0.39 is 0 Å². The number of piperazine rings is 1. The molecule has 0 radical (unpaired) electrons. The molecule has 0 saturated carbocycles. The summed E-state index contributed by atoms with van der Waals surface area (Å²) < 4.78 is 0. The minimum atomic E-state index is 0.168. The standard InChI is InChI=1S/C20H31N3O/c1-20(2,17-23-10-6-9-19(23)24)16-22-13-11-21(12-14-22)15-18-7-4-3-5-8-18/h3-5,7-8H,6,9-17H2,1-2H3. The van der Waals surface area contributed by atoms with Gasteiger partial charge in [0.1, 0.15) is 0 Å². The number of carbonyl (C=O) groups excluding carboxylic acids is 1. The van der Waals surface area contributed by atoms with E-state index in [0.717, 1.165) is 65.2 Å². The molecule has 24 heavy (non-hydrogen) atoms. The molecule has 4 heteroatoms. The van der Waals surface area contributed by atoms with Gasteiger partial charge in [-0.25, -0.2) is 0 Å². The first kappa shape index (κ1) is 17.4. The SMILES string of the molecule is CC(C)(CN1CCN(Cc2ccccc2)CC1)CN1CCCC1=O. The molecule has 0 aliphatic carbocycles. The van der Waals surface area contributed by atoms with Crippen molar-refractivity contribution < 1.29 is 4.79 Å². The largest absolute Gasteiger partial charge is 0.342 e. The molecular weight excluding hydrogens is 298 g/mol. The Labute approximate surface area is 146 Å². The second-order valence-corrected chi connectivity index (χ2v) is 8.12. The molecule has 2 saturated heterocycles. The van der Waals surface area contributed by atoms with Crippen LogP contribution in [0.1, 0.15) is 32.3 Å². The van der Waals surface area contributed by atoms with Gasteiger partial charge in [0, 0.05) is 58.8 Å². The highest BCUT2D eigenvalue weighted by molar-refractivity contribution is 5.78. The predicted molar refractivity (Wildman–Crippen MR) is 97.8 cm³/mol. The summed E-state index contributed by atoms with van der Waals surface area (Å²) in [5.74, 6) is 0.343. The van der Waals surface area contributed by atoms with Crippen LogP contribution in [0.5, 0.6) is 0 Å². The minimum Gasteiger partial charge on any atom is -0.342 e. The lowest BCUT2D eigenvalue weighted by Gasteiger charge is -2.40. The molecule has 1 amide bonds. The number of rotatable bonds is 6. The van der Waals surface area contributed by atoms with Crippen LogP contribution in [-0.2, 0) is 11.3 Å². The monoisotopic (exact) mass is 329 g/mol. The first-order chi connectivity index (χ1) is 11.5. The minimum absolute atomic E-state index is 0.168. The Morgan fingerprint density at radius 1 is 0.917 bits per heavy atom. The van der Waals surface area contributed by atoms with Crippen molar-refractivity contribution in [1.29, 1.82) is 0 Å². The summed E-state index contributed by atoms with van der Waals surface area (Å²) in [6, 6.07) is 10.7. The molecule has 0 aromatic heterocycles. The first-order valence-electron chi connectivity index (χ1n) is 9.28. The third-order valence-electron chi connectivity index (χ3n) is 5.16. The number of hydrogen-bond donors (Lipinski definition) is 0. The van der Waals surface area contributed by atoms with Gasteiger partial charge in [-0.3, -0.25) is 9.69 Å². The molecule has 2 fully saturated rings. The fourth-order valence-corrected chi connectivity index (χ4v) is 3.99. The van der Waals surface area contributed by atoms with Crippen LogP contribution in [-0.4, -0.2) is 66.4 Å². The number of likely N-dealkylation sites (tertiary alicyclic amines) is 1. The summed E-state index contributed by atoms with van der Waals surface area (Å²) in [4.78, 5) is 19.0. The van der Waals surface area contributed by atoms with Gasteiger partial charge in [-0.15, -0.1) is 0 Å². The smallest absolute Gasteiger partial charge is 0.222 e. The maximum absolute atomic E-state index is 11.9. The van der Waals surface area contributed by atoms with Crippen LogP contribution in [0.4, 0.5) is 0 Å². The molecule has 132 valence electrons. The van der Waals surface area contributed by atoms with Gasteiger partial charge in [-0.1, -0.05) is 44.2 Å². The Hall–Kier alpha value is -1.39. The van der Waals surface area contributed by atoms with Crippen LogP contribution in [0.2, 0.25) is 0 Å². The van der Waals surface area contributed by atoms with E-state index in [1.54, 1.807) is 0 Å². The molecule has 2 aliphatic heterocycles. The van der Waals surface area contributed by atoms with E-state index in [-0.39, 0.29) is 5.41 Å². The third-order valence-corrected chi connectivity index (χ3v) is 5.16. The summed E-state index contributed by atoms with van der Waals surface area (Å²) in [5.41, 5.74) is 1.57. The number of benzene rings is 1. The van der Waals surface area contributed by atoms with Gasteiger partial charge in [0.15, 0.2) is 0 Å². The van der Waals surface area contributed by atoms with Crippen molar-refractivity contribution in [2.75, 3.05) is 45.8 Å². The number of nitrogens with zero attached hydrogens (tertiary/aromatic N) is 3. The molecule has 2 aliphatic rings. The van der Waals surface area contributed by atoms with Gasteiger partial charge in [0.25, 0.3) is 0 Å². The normalized spacial score (nSPS) is 20.8. The van der Waals surface area contributed by atoms with Crippen molar-refractivity contribution in [1.82, 2.24) is 14.7 Å². The van der Waals surface area contributed by atoms with Crippen LogP contribution in [0.25, 0.3) is 0 Å². The van der Waals surface area contributed by atoms with E-state index in [1.807, 2.05) is 0 Å². The van der Waals surface area contributed by atoms with Crippen LogP contribution in [0.3, 0.4) is 0 Å². The summed E-state index contributed by atoms with van der Waals surface area (Å²) in [5, 5.41) is 0. The Bertz CT molecular complexity index is 535. The van der Waals surface area contributed by atoms with Crippen LogP contribution in [0, 0.1) is 5.41 Å². The van der Waals surface area contributed by atoms with Gasteiger partial charge in [0.2, 0.25) is 5.91 Å². The zero-order valence-electron chi connectivity index (χ0n) is 15.2. The van der Waals surface area contributed by atoms with Crippen molar-refractivity contribution in [3.05, 3.63) is 35.9 Å². The highest BCUT2D eigenvalue weighted by atomic mass is 16.2. The van der Waals surface area contributed by atoms with Gasteiger partial charge in [-0.05, 0) is 17.4 Å². The van der Waals surface area contributed by atoms with E-state index in [4.69, 9.17) is 0 Å². The predicted octanol–water partition coefficient (Wildman–Crippen LogP) is 2.45. The van der Waals surface area contributed by atoms with E-state index in [2.05, 4.69) is 58.9 Å². The topological polar surface area (TPSA) is 26.8 Å². The van der Waals surface area contributed by atoms with E-state index >= 15 is 0 Å².